The topological polar surface area (TPSA) is 159 Å². The van der Waals surface area contributed by atoms with Crippen LogP contribution in [-0.4, -0.2) is 69.7 Å². The Morgan fingerprint density at radius 1 is 0.973 bits per heavy atom. The zero-order chi connectivity index (χ0) is 27.7. The Morgan fingerprint density at radius 2 is 1.62 bits per heavy atom. The zero-order valence-electron chi connectivity index (χ0n) is 21.2. The number of nitrogens with two attached hydrogens (primary N) is 1. The summed E-state index contributed by atoms with van der Waals surface area (Å²) in [4.78, 5) is 32.7. The maximum Gasteiger partial charge on any atom is 0.303 e. The number of hydrogen-bond donors (Lipinski definition) is 5. The number of nitrogens with one attached hydrogen (secondary N) is 1. The van der Waals surface area contributed by atoms with Crippen LogP contribution in [0.3, 0.4) is 0 Å². The molecule has 10 heteroatoms. The van der Waals surface area contributed by atoms with E-state index in [-0.39, 0.29) is 30.6 Å². The van der Waals surface area contributed by atoms with E-state index in [1.54, 1.807) is 60.8 Å². The molecule has 0 radical (unpaired) electrons. The quantitative estimate of drug-likeness (QED) is 0.0489. The van der Waals surface area contributed by atoms with Crippen LogP contribution in [0.5, 0.6) is 0 Å². The van der Waals surface area contributed by atoms with Gasteiger partial charge >= 0.3 is 5.97 Å². The van der Waals surface area contributed by atoms with Gasteiger partial charge in [0.1, 0.15) is 0 Å². The predicted molar refractivity (Wildman–Crippen MR) is 148 cm³/mol. The summed E-state index contributed by atoms with van der Waals surface area (Å²) in [6.07, 6.45) is 22.5. The summed E-state index contributed by atoms with van der Waals surface area (Å²) < 4.78 is 4.43. The fraction of sp³-hybridized carbons (Fsp3) is 0.444. The van der Waals surface area contributed by atoms with Gasteiger partial charge in [-0.15, -0.1) is 11.8 Å². The molecule has 4 atom stereocenters. The second-order valence-corrected chi connectivity index (χ2v) is 8.99. The highest BCUT2D eigenvalue weighted by Crippen LogP contribution is 2.20. The molecular formula is C27H40N2O7S. The summed E-state index contributed by atoms with van der Waals surface area (Å²) >= 11 is 1.30. The van der Waals surface area contributed by atoms with Gasteiger partial charge in [0.15, 0.2) is 6.73 Å². The average molecular weight is 537 g/mol. The van der Waals surface area contributed by atoms with Crippen molar-refractivity contribution in [3.05, 3.63) is 72.9 Å². The van der Waals surface area contributed by atoms with Crippen LogP contribution >= 0.6 is 11.8 Å². The van der Waals surface area contributed by atoms with Gasteiger partial charge in [-0.1, -0.05) is 79.8 Å². The Kier molecular flexibility index (Phi) is 21.6. The van der Waals surface area contributed by atoms with E-state index < -0.39 is 30.1 Å². The summed E-state index contributed by atoms with van der Waals surface area (Å²) in [5.41, 5.74) is 5.89. The highest BCUT2D eigenvalue weighted by molar-refractivity contribution is 8.00. The lowest BCUT2D eigenvalue weighted by molar-refractivity contribution is -0.137. The SMILES string of the molecule is CC/C=C\CC(O)/C=C/C=C\C=C\C=C\C(SCC(N)C(=O)NCOC=O)C(O)C/C=C\CCC(=O)O. The number of thioether (sulfide) groups is 1. The van der Waals surface area contributed by atoms with Gasteiger partial charge in [0, 0.05) is 17.4 Å². The molecule has 0 aliphatic rings. The van der Waals surface area contributed by atoms with Gasteiger partial charge in [0.25, 0.3) is 6.47 Å². The highest BCUT2D eigenvalue weighted by Gasteiger charge is 2.20. The number of aliphatic carboxylic acids is 1. The first-order valence-corrected chi connectivity index (χ1v) is 13.1. The first-order valence-electron chi connectivity index (χ1n) is 12.1. The summed E-state index contributed by atoms with van der Waals surface area (Å²) in [7, 11) is 0. The molecule has 0 aromatic heterocycles. The number of rotatable bonds is 21. The second kappa shape index (κ2) is 23.5. The van der Waals surface area contributed by atoms with E-state index in [0.717, 1.165) is 6.42 Å². The maximum atomic E-state index is 12.0. The number of allylic oxidation sites excluding steroid dienone is 8. The molecule has 0 aliphatic heterocycles. The fourth-order valence-corrected chi connectivity index (χ4v) is 3.78. The van der Waals surface area contributed by atoms with E-state index in [9.17, 15) is 24.6 Å². The van der Waals surface area contributed by atoms with Gasteiger partial charge in [0.2, 0.25) is 5.91 Å². The van der Waals surface area contributed by atoms with E-state index in [0.29, 0.717) is 19.3 Å². The number of aliphatic hydroxyl groups excluding tert-OH is 2. The van der Waals surface area contributed by atoms with Gasteiger partial charge in [-0.25, -0.2) is 0 Å². The Morgan fingerprint density at radius 3 is 2.27 bits per heavy atom. The second-order valence-electron chi connectivity index (χ2n) is 7.78. The molecule has 4 unspecified atom stereocenters. The Hall–Kier alpha value is -2.92. The third-order valence-electron chi connectivity index (χ3n) is 4.62. The van der Waals surface area contributed by atoms with Crippen molar-refractivity contribution < 1.29 is 34.4 Å². The average Bonchev–Trinajstić information content (AvgIpc) is 2.86. The smallest absolute Gasteiger partial charge is 0.303 e. The predicted octanol–water partition coefficient (Wildman–Crippen LogP) is 2.78. The van der Waals surface area contributed by atoms with Crippen molar-refractivity contribution in [3.8, 4) is 0 Å². The summed E-state index contributed by atoms with van der Waals surface area (Å²) in [6, 6.07) is -0.868. The van der Waals surface area contributed by atoms with Gasteiger partial charge < -0.3 is 31.1 Å². The molecule has 0 spiro atoms. The summed E-state index contributed by atoms with van der Waals surface area (Å²) in [5, 5.41) is 31.1. The molecule has 1 amide bonds. The highest BCUT2D eigenvalue weighted by atomic mass is 32.2. The number of carbonyl (C=O) groups excluding carboxylic acids is 2. The van der Waals surface area contributed by atoms with Crippen LogP contribution in [0, 0.1) is 0 Å². The van der Waals surface area contributed by atoms with Crippen molar-refractivity contribution >= 4 is 30.1 Å². The molecule has 0 aromatic carbocycles. The van der Waals surface area contributed by atoms with Crippen LogP contribution in [0.4, 0.5) is 0 Å². The van der Waals surface area contributed by atoms with Crippen LogP contribution in [0.1, 0.15) is 39.0 Å². The van der Waals surface area contributed by atoms with Gasteiger partial charge in [0.05, 0.1) is 18.2 Å². The lowest BCUT2D eigenvalue weighted by Crippen LogP contribution is -2.43. The summed E-state index contributed by atoms with van der Waals surface area (Å²) in [6.45, 7) is 1.99. The van der Waals surface area contributed by atoms with E-state index in [1.807, 2.05) is 19.1 Å². The maximum absolute atomic E-state index is 12.0. The number of ether oxygens (including phenoxy) is 1. The lowest BCUT2D eigenvalue weighted by atomic mass is 10.1. The third kappa shape index (κ3) is 20.9. The number of aliphatic hydroxyl groups is 2. The minimum absolute atomic E-state index is 0.0187. The first kappa shape index (κ1) is 34.1. The van der Waals surface area contributed by atoms with E-state index in [1.165, 1.54) is 11.8 Å². The molecule has 6 N–H and O–H groups in total. The number of amides is 1. The monoisotopic (exact) mass is 536 g/mol. The van der Waals surface area contributed by atoms with Crippen molar-refractivity contribution in [1.82, 2.24) is 5.32 Å². The number of carboxylic acids is 1. The van der Waals surface area contributed by atoms with Gasteiger partial charge in [-0.2, -0.15) is 0 Å². The minimum Gasteiger partial charge on any atom is -0.481 e. The number of carboxylic acid groups (broad SMARTS) is 1. The van der Waals surface area contributed by atoms with E-state index in [2.05, 4.69) is 10.1 Å². The molecule has 0 fully saturated rings. The Bertz CT molecular complexity index is 822. The van der Waals surface area contributed by atoms with Gasteiger partial charge in [-0.3, -0.25) is 14.4 Å². The van der Waals surface area contributed by atoms with Crippen molar-refractivity contribution in [2.75, 3.05) is 12.5 Å². The molecule has 0 saturated carbocycles. The van der Waals surface area contributed by atoms with Crippen LogP contribution < -0.4 is 11.1 Å². The minimum atomic E-state index is -0.885. The van der Waals surface area contributed by atoms with Crippen molar-refractivity contribution in [2.45, 2.75) is 62.5 Å². The largest absolute Gasteiger partial charge is 0.481 e. The van der Waals surface area contributed by atoms with E-state index in [4.69, 9.17) is 10.8 Å². The van der Waals surface area contributed by atoms with Gasteiger partial charge in [-0.05, 0) is 25.7 Å². The van der Waals surface area contributed by atoms with Crippen LogP contribution in [-0.2, 0) is 19.1 Å². The summed E-state index contributed by atoms with van der Waals surface area (Å²) in [5.74, 6) is -1.15. The molecule has 0 heterocycles. The van der Waals surface area contributed by atoms with Crippen LogP contribution in [0.15, 0.2) is 72.9 Å². The van der Waals surface area contributed by atoms with Crippen molar-refractivity contribution in [1.29, 1.82) is 0 Å². The van der Waals surface area contributed by atoms with Crippen LogP contribution in [0.2, 0.25) is 0 Å². The normalized spacial score (nSPS) is 15.8. The molecule has 0 bridgehead atoms. The first-order chi connectivity index (χ1) is 17.8. The standard InChI is InChI=1S/C27H40N2O7S/c1-2-3-9-14-22(31)15-10-6-4-5-7-12-17-25(24(32)16-11-8-13-18-26(33)34)37-19-23(28)27(35)29-20-36-21-30/h3-12,15,17,21-25,31-32H,2,13-14,16,18-20,28H2,1H3,(H,29,35)(H,33,34)/b6-4-,7-5+,9-3-,11-8-,15-10+,17-12+. The molecule has 0 rings (SSSR count). The lowest BCUT2D eigenvalue weighted by Gasteiger charge is -2.20. The molecule has 37 heavy (non-hydrogen) atoms. The molecule has 0 saturated heterocycles. The van der Waals surface area contributed by atoms with Crippen molar-refractivity contribution in [2.24, 2.45) is 5.73 Å². The fourth-order valence-electron chi connectivity index (χ4n) is 2.66. The molecular weight excluding hydrogens is 496 g/mol. The molecule has 0 aromatic rings. The van der Waals surface area contributed by atoms with Crippen molar-refractivity contribution in [3.63, 3.8) is 0 Å². The van der Waals surface area contributed by atoms with E-state index >= 15 is 0 Å². The number of hydrogen-bond acceptors (Lipinski definition) is 8. The Labute approximate surface area is 223 Å². The Balaban J connectivity index is 4.92. The zero-order valence-corrected chi connectivity index (χ0v) is 22.0. The molecule has 0 aliphatic carbocycles. The third-order valence-corrected chi connectivity index (χ3v) is 6.03. The molecule has 9 nitrogen and oxygen atoms in total. The number of carbonyl (C=O) groups is 3. The van der Waals surface area contributed by atoms with Crippen LogP contribution in [0.25, 0.3) is 0 Å². The molecule has 206 valence electrons.